The van der Waals surface area contributed by atoms with Gasteiger partial charge in [-0.15, -0.1) is 11.3 Å². The number of aromatic nitrogens is 2. The third kappa shape index (κ3) is 3.44. The highest BCUT2D eigenvalue weighted by Gasteiger charge is 2.33. The summed E-state index contributed by atoms with van der Waals surface area (Å²) in [6.07, 6.45) is 3.15. The third-order valence-electron chi connectivity index (χ3n) is 5.16. The van der Waals surface area contributed by atoms with E-state index in [0.717, 1.165) is 23.3 Å². The number of carbonyl (C=O) groups excluding carboxylic acids is 1. The van der Waals surface area contributed by atoms with Crippen LogP contribution in [-0.2, 0) is 17.9 Å². The van der Waals surface area contributed by atoms with Crippen LogP contribution in [0.25, 0.3) is 10.2 Å². The van der Waals surface area contributed by atoms with Gasteiger partial charge in [-0.2, -0.15) is 0 Å². The molecule has 146 valence electrons. The van der Waals surface area contributed by atoms with Crippen molar-refractivity contribution in [2.24, 2.45) is 0 Å². The van der Waals surface area contributed by atoms with Crippen molar-refractivity contribution in [2.45, 2.75) is 45.8 Å². The zero-order valence-electron chi connectivity index (χ0n) is 15.5. The Bertz CT molecular complexity index is 1120. The molecule has 0 bridgehead atoms. The second kappa shape index (κ2) is 7.29. The number of aryl methyl sites for hydroxylation is 2. The first-order valence-corrected chi connectivity index (χ1v) is 10.2. The Balaban J connectivity index is 1.63. The van der Waals surface area contributed by atoms with Crippen molar-refractivity contribution in [1.82, 2.24) is 14.5 Å². The van der Waals surface area contributed by atoms with Crippen molar-refractivity contribution in [3.05, 3.63) is 61.7 Å². The molecule has 0 saturated heterocycles. The van der Waals surface area contributed by atoms with E-state index in [2.05, 4.69) is 4.98 Å². The molecule has 0 unspecified atom stereocenters. The number of halogens is 2. The van der Waals surface area contributed by atoms with Gasteiger partial charge in [0.2, 0.25) is 5.91 Å². The molecule has 0 aliphatic heterocycles. The fourth-order valence-corrected chi connectivity index (χ4v) is 4.49. The molecule has 0 radical (unpaired) electrons. The Morgan fingerprint density at radius 1 is 1.39 bits per heavy atom. The molecule has 28 heavy (non-hydrogen) atoms. The maximum absolute atomic E-state index is 14.2. The number of rotatable bonds is 5. The first-order chi connectivity index (χ1) is 13.4. The number of benzene rings is 1. The van der Waals surface area contributed by atoms with Gasteiger partial charge in [-0.05, 0) is 44.4 Å². The zero-order chi connectivity index (χ0) is 20.0. The fraction of sp³-hybridized carbons (Fsp3) is 0.350. The van der Waals surface area contributed by atoms with Gasteiger partial charge in [-0.1, -0.05) is 17.7 Å². The molecule has 0 spiro atoms. The minimum Gasteiger partial charge on any atom is -0.334 e. The summed E-state index contributed by atoms with van der Waals surface area (Å²) in [7, 11) is 0. The topological polar surface area (TPSA) is 55.2 Å². The fourth-order valence-electron chi connectivity index (χ4n) is 3.28. The summed E-state index contributed by atoms with van der Waals surface area (Å²) in [4.78, 5) is 33.5. The smallest absolute Gasteiger partial charge is 0.262 e. The second-order valence-electron chi connectivity index (χ2n) is 7.09. The summed E-state index contributed by atoms with van der Waals surface area (Å²) >= 11 is 7.60. The molecule has 3 aromatic rings. The molecule has 2 aromatic heterocycles. The van der Waals surface area contributed by atoms with Crippen LogP contribution in [0.5, 0.6) is 0 Å². The molecule has 5 nitrogen and oxygen atoms in total. The maximum atomic E-state index is 14.2. The summed E-state index contributed by atoms with van der Waals surface area (Å²) in [5, 5.41) is 0.857. The monoisotopic (exact) mass is 419 g/mol. The lowest BCUT2D eigenvalue weighted by Crippen LogP contribution is -2.38. The van der Waals surface area contributed by atoms with Crippen molar-refractivity contribution in [2.75, 3.05) is 0 Å². The predicted molar refractivity (Wildman–Crippen MR) is 108 cm³/mol. The van der Waals surface area contributed by atoms with Crippen LogP contribution in [0.4, 0.5) is 4.39 Å². The highest BCUT2D eigenvalue weighted by atomic mass is 35.5. The van der Waals surface area contributed by atoms with Gasteiger partial charge < -0.3 is 4.90 Å². The molecular formula is C20H19ClFN3O2S. The highest BCUT2D eigenvalue weighted by Crippen LogP contribution is 2.31. The van der Waals surface area contributed by atoms with E-state index in [0.29, 0.717) is 20.8 Å². The lowest BCUT2D eigenvalue weighted by atomic mass is 10.2. The van der Waals surface area contributed by atoms with Crippen LogP contribution in [0.1, 0.15) is 28.8 Å². The van der Waals surface area contributed by atoms with E-state index < -0.39 is 5.82 Å². The number of fused-ring (bicyclic) bond motifs is 1. The zero-order valence-corrected chi connectivity index (χ0v) is 17.1. The number of thiophene rings is 1. The predicted octanol–water partition coefficient (Wildman–Crippen LogP) is 4.06. The number of hydrogen-bond donors (Lipinski definition) is 0. The highest BCUT2D eigenvalue weighted by molar-refractivity contribution is 7.18. The van der Waals surface area contributed by atoms with Crippen molar-refractivity contribution < 1.29 is 9.18 Å². The summed E-state index contributed by atoms with van der Waals surface area (Å²) < 4.78 is 15.5. The van der Waals surface area contributed by atoms with Crippen LogP contribution in [0.2, 0.25) is 5.02 Å². The normalized spacial score (nSPS) is 13.9. The van der Waals surface area contributed by atoms with Gasteiger partial charge in [0, 0.05) is 21.5 Å². The first-order valence-electron chi connectivity index (χ1n) is 9.04. The Hall–Kier alpha value is -2.25. The minimum absolute atomic E-state index is 0.0562. The Morgan fingerprint density at radius 3 is 2.82 bits per heavy atom. The van der Waals surface area contributed by atoms with E-state index in [4.69, 9.17) is 11.6 Å². The van der Waals surface area contributed by atoms with Crippen molar-refractivity contribution in [3.8, 4) is 0 Å². The molecular weight excluding hydrogens is 401 g/mol. The number of nitrogens with zero attached hydrogens (tertiary/aromatic N) is 3. The molecule has 2 heterocycles. The van der Waals surface area contributed by atoms with Crippen LogP contribution < -0.4 is 5.56 Å². The standard InChI is InChI=1S/C20H19ClFN3O2S/c1-11-12(2)28-19-18(11)20(27)24(10-23-19)9-17(26)25(13-6-7-13)8-14-15(21)4-3-5-16(14)22/h3-5,10,13H,6-9H2,1-2H3. The van der Waals surface area contributed by atoms with Crippen molar-refractivity contribution in [1.29, 1.82) is 0 Å². The molecule has 0 N–H and O–H groups in total. The van der Waals surface area contributed by atoms with Crippen molar-refractivity contribution in [3.63, 3.8) is 0 Å². The Kier molecular flexibility index (Phi) is 4.97. The van der Waals surface area contributed by atoms with Gasteiger partial charge in [-0.3, -0.25) is 14.2 Å². The number of amides is 1. The van der Waals surface area contributed by atoms with Crippen LogP contribution in [-0.4, -0.2) is 26.4 Å². The average molecular weight is 420 g/mol. The molecule has 1 amide bonds. The van der Waals surface area contributed by atoms with E-state index in [1.54, 1.807) is 11.0 Å². The minimum atomic E-state index is -0.435. The molecule has 4 rings (SSSR count). The number of hydrogen-bond acceptors (Lipinski definition) is 4. The Labute approximate surface area is 170 Å². The molecule has 1 aliphatic rings. The summed E-state index contributed by atoms with van der Waals surface area (Å²) in [5.41, 5.74) is 0.978. The van der Waals surface area contributed by atoms with E-state index in [1.165, 1.54) is 34.4 Å². The SMILES string of the molecule is Cc1sc2ncn(CC(=O)N(Cc3c(F)cccc3Cl)C3CC3)c(=O)c2c1C. The summed E-state index contributed by atoms with van der Waals surface area (Å²) in [6.45, 7) is 3.80. The van der Waals surface area contributed by atoms with E-state index in [-0.39, 0.29) is 30.6 Å². The third-order valence-corrected chi connectivity index (χ3v) is 6.63. The maximum Gasteiger partial charge on any atom is 0.262 e. The largest absolute Gasteiger partial charge is 0.334 e. The molecule has 1 fully saturated rings. The van der Waals surface area contributed by atoms with E-state index >= 15 is 0 Å². The quantitative estimate of drug-likeness (QED) is 0.626. The van der Waals surface area contributed by atoms with E-state index in [9.17, 15) is 14.0 Å². The average Bonchev–Trinajstić information content (AvgIpc) is 3.43. The first kappa shape index (κ1) is 19.1. The Morgan fingerprint density at radius 2 is 2.14 bits per heavy atom. The van der Waals surface area contributed by atoms with Crippen LogP contribution in [0, 0.1) is 19.7 Å². The lowest BCUT2D eigenvalue weighted by Gasteiger charge is -2.23. The van der Waals surface area contributed by atoms with Gasteiger partial charge in [0.05, 0.1) is 18.3 Å². The molecule has 1 aromatic carbocycles. The summed E-state index contributed by atoms with van der Waals surface area (Å²) in [5.74, 6) is -0.676. The van der Waals surface area contributed by atoms with Gasteiger partial charge in [0.15, 0.2) is 0 Å². The van der Waals surface area contributed by atoms with Gasteiger partial charge in [-0.25, -0.2) is 9.37 Å². The van der Waals surface area contributed by atoms with Gasteiger partial charge in [0.25, 0.3) is 5.56 Å². The van der Waals surface area contributed by atoms with Crippen LogP contribution >= 0.6 is 22.9 Å². The number of carbonyl (C=O) groups is 1. The van der Waals surface area contributed by atoms with Gasteiger partial charge in [0.1, 0.15) is 17.2 Å². The van der Waals surface area contributed by atoms with Crippen LogP contribution in [0.15, 0.2) is 29.3 Å². The molecule has 8 heteroatoms. The van der Waals surface area contributed by atoms with E-state index in [1.807, 2.05) is 13.8 Å². The molecule has 1 saturated carbocycles. The van der Waals surface area contributed by atoms with Crippen LogP contribution in [0.3, 0.4) is 0 Å². The summed E-state index contributed by atoms with van der Waals surface area (Å²) in [6, 6.07) is 4.54. The molecule has 1 aliphatic carbocycles. The van der Waals surface area contributed by atoms with Crippen molar-refractivity contribution >= 4 is 39.1 Å². The molecule has 0 atom stereocenters. The lowest BCUT2D eigenvalue weighted by molar-refractivity contribution is -0.133. The van der Waals surface area contributed by atoms with Gasteiger partial charge >= 0.3 is 0 Å². The second-order valence-corrected chi connectivity index (χ2v) is 8.70.